The number of nitrogens with zero attached hydrogens (tertiary/aromatic N) is 1. The van der Waals surface area contributed by atoms with E-state index in [2.05, 4.69) is 56.6 Å². The molecule has 0 saturated carbocycles. The summed E-state index contributed by atoms with van der Waals surface area (Å²) in [5.74, 6) is -1.09. The fourth-order valence-corrected chi connectivity index (χ4v) is 6.41. The molecule has 0 atom stereocenters. The van der Waals surface area contributed by atoms with E-state index in [1.807, 2.05) is 37.3 Å². The molecular formula is C26H19FI2N2O4S. The van der Waals surface area contributed by atoms with Crippen molar-refractivity contribution in [1.82, 2.24) is 4.90 Å². The van der Waals surface area contributed by atoms with E-state index >= 15 is 0 Å². The van der Waals surface area contributed by atoms with Crippen molar-refractivity contribution < 1.29 is 23.5 Å². The van der Waals surface area contributed by atoms with Crippen molar-refractivity contribution in [3.8, 4) is 5.75 Å². The van der Waals surface area contributed by atoms with E-state index < -0.39 is 29.4 Å². The van der Waals surface area contributed by atoms with Crippen LogP contribution in [-0.2, 0) is 16.2 Å². The zero-order chi connectivity index (χ0) is 25.8. The van der Waals surface area contributed by atoms with Crippen LogP contribution in [0.15, 0.2) is 65.6 Å². The molecule has 3 aromatic carbocycles. The van der Waals surface area contributed by atoms with Gasteiger partial charge in [0.25, 0.3) is 11.1 Å². The molecule has 1 saturated heterocycles. The van der Waals surface area contributed by atoms with Crippen LogP contribution in [0.5, 0.6) is 5.75 Å². The first kappa shape index (κ1) is 26.6. The quantitative estimate of drug-likeness (QED) is 0.220. The van der Waals surface area contributed by atoms with Gasteiger partial charge in [0.2, 0.25) is 5.91 Å². The van der Waals surface area contributed by atoms with Crippen LogP contribution in [0.25, 0.3) is 6.08 Å². The van der Waals surface area contributed by atoms with Crippen molar-refractivity contribution >= 4 is 85.8 Å². The number of thioether (sulfide) groups is 1. The predicted molar refractivity (Wildman–Crippen MR) is 155 cm³/mol. The maximum absolute atomic E-state index is 13.8. The first-order valence-corrected chi connectivity index (χ1v) is 13.7. The molecule has 0 unspecified atom stereocenters. The lowest BCUT2D eigenvalue weighted by molar-refractivity contribution is -0.127. The summed E-state index contributed by atoms with van der Waals surface area (Å²) in [6.45, 7) is 1.96. The molecule has 0 spiro atoms. The second kappa shape index (κ2) is 11.7. The molecule has 4 rings (SSSR count). The van der Waals surface area contributed by atoms with Crippen LogP contribution < -0.4 is 10.1 Å². The normalized spacial score (nSPS) is 14.4. The summed E-state index contributed by atoms with van der Waals surface area (Å²) >= 11 is 5.12. The lowest BCUT2D eigenvalue weighted by Crippen LogP contribution is -2.36. The number of amides is 3. The minimum Gasteiger partial charge on any atom is -0.487 e. The summed E-state index contributed by atoms with van der Waals surface area (Å²) in [7, 11) is 0. The van der Waals surface area contributed by atoms with Crippen molar-refractivity contribution in [2.75, 3.05) is 11.9 Å². The summed E-state index contributed by atoms with van der Waals surface area (Å²) in [5.41, 5.74) is 2.94. The van der Waals surface area contributed by atoms with Gasteiger partial charge in [-0.25, -0.2) is 4.39 Å². The average molecular weight is 728 g/mol. The molecule has 36 heavy (non-hydrogen) atoms. The maximum Gasteiger partial charge on any atom is 0.294 e. The third-order valence-electron chi connectivity index (χ3n) is 5.11. The number of para-hydroxylation sites is 1. The van der Waals surface area contributed by atoms with Gasteiger partial charge in [-0.2, -0.15) is 0 Å². The number of halogens is 3. The maximum atomic E-state index is 13.8. The lowest BCUT2D eigenvalue weighted by atomic mass is 10.1. The van der Waals surface area contributed by atoms with Gasteiger partial charge in [0, 0.05) is 0 Å². The fraction of sp³-hybridized carbons (Fsp3) is 0.115. The summed E-state index contributed by atoms with van der Waals surface area (Å²) < 4.78 is 21.6. The number of carbonyl (C=O) groups excluding carboxylic acids is 3. The van der Waals surface area contributed by atoms with E-state index in [0.29, 0.717) is 6.61 Å². The number of imide groups is 1. The van der Waals surface area contributed by atoms with Gasteiger partial charge in [0.1, 0.15) is 24.7 Å². The summed E-state index contributed by atoms with van der Waals surface area (Å²) in [6.07, 6.45) is 1.62. The molecule has 3 amide bonds. The Balaban J connectivity index is 1.44. The van der Waals surface area contributed by atoms with Crippen LogP contribution >= 0.6 is 56.9 Å². The monoisotopic (exact) mass is 728 g/mol. The number of ether oxygens (including phenoxy) is 1. The van der Waals surface area contributed by atoms with E-state index in [1.54, 1.807) is 12.1 Å². The van der Waals surface area contributed by atoms with E-state index in [9.17, 15) is 18.8 Å². The number of aryl methyl sites for hydroxylation is 1. The first-order valence-electron chi connectivity index (χ1n) is 10.7. The third kappa shape index (κ3) is 6.45. The number of hydrogen-bond acceptors (Lipinski definition) is 5. The smallest absolute Gasteiger partial charge is 0.294 e. The molecule has 184 valence electrons. The minimum absolute atomic E-state index is 0.0149. The Morgan fingerprint density at radius 3 is 2.50 bits per heavy atom. The van der Waals surface area contributed by atoms with Gasteiger partial charge in [-0.1, -0.05) is 42.0 Å². The van der Waals surface area contributed by atoms with E-state index in [0.717, 1.165) is 46.2 Å². The van der Waals surface area contributed by atoms with Gasteiger partial charge < -0.3 is 10.1 Å². The zero-order valence-electron chi connectivity index (χ0n) is 18.9. The fourth-order valence-electron chi connectivity index (χ4n) is 3.44. The van der Waals surface area contributed by atoms with Gasteiger partial charge in [-0.15, -0.1) is 0 Å². The lowest BCUT2D eigenvalue weighted by Gasteiger charge is -2.13. The highest BCUT2D eigenvalue weighted by Crippen LogP contribution is 2.35. The largest absolute Gasteiger partial charge is 0.487 e. The van der Waals surface area contributed by atoms with Crippen molar-refractivity contribution in [3.05, 3.63) is 95.2 Å². The summed E-state index contributed by atoms with van der Waals surface area (Å²) in [6, 6.07) is 17.5. The SMILES string of the molecule is Cc1cccc(COc2c(I)cc(/C=C3\SC(=O)N(CC(=O)Nc4ccccc4F)C3=O)cc2I)c1. The molecular weight excluding hydrogens is 709 g/mol. The van der Waals surface area contributed by atoms with Crippen LogP contribution in [0.4, 0.5) is 14.9 Å². The van der Waals surface area contributed by atoms with Gasteiger partial charge in [0.15, 0.2) is 0 Å². The number of carbonyl (C=O) groups is 3. The van der Waals surface area contributed by atoms with Crippen molar-refractivity contribution in [1.29, 1.82) is 0 Å². The molecule has 1 N–H and O–H groups in total. The molecule has 0 aliphatic carbocycles. The Morgan fingerprint density at radius 1 is 1.08 bits per heavy atom. The Bertz CT molecular complexity index is 1370. The Morgan fingerprint density at radius 2 is 1.81 bits per heavy atom. The Labute approximate surface area is 238 Å². The number of rotatable bonds is 7. The topological polar surface area (TPSA) is 75.7 Å². The molecule has 1 fully saturated rings. The molecule has 10 heteroatoms. The third-order valence-corrected chi connectivity index (χ3v) is 7.62. The van der Waals surface area contributed by atoms with Crippen molar-refractivity contribution in [3.63, 3.8) is 0 Å². The molecule has 1 aliphatic heterocycles. The van der Waals surface area contributed by atoms with E-state index in [-0.39, 0.29) is 10.6 Å². The van der Waals surface area contributed by atoms with Gasteiger partial charge >= 0.3 is 0 Å². The average Bonchev–Trinajstić information content (AvgIpc) is 3.07. The Hall–Kier alpha value is -2.45. The highest BCUT2D eigenvalue weighted by atomic mass is 127. The number of hydrogen-bond donors (Lipinski definition) is 1. The zero-order valence-corrected chi connectivity index (χ0v) is 24.0. The molecule has 1 aliphatic rings. The Kier molecular flexibility index (Phi) is 8.67. The molecule has 0 aromatic heterocycles. The highest BCUT2D eigenvalue weighted by molar-refractivity contribution is 14.1. The molecule has 0 radical (unpaired) electrons. The molecule has 3 aromatic rings. The first-order chi connectivity index (χ1) is 17.2. The van der Waals surface area contributed by atoms with Gasteiger partial charge in [-0.05, 0) is 105 Å². The highest BCUT2D eigenvalue weighted by Gasteiger charge is 2.36. The van der Waals surface area contributed by atoms with Crippen LogP contribution in [-0.4, -0.2) is 28.5 Å². The summed E-state index contributed by atoms with van der Waals surface area (Å²) in [4.78, 5) is 38.6. The van der Waals surface area contributed by atoms with Crippen LogP contribution in [0.2, 0.25) is 0 Å². The number of nitrogens with one attached hydrogen (secondary N) is 1. The molecule has 0 bridgehead atoms. The standard InChI is InChI=1S/C26H19FI2N2O4S/c1-15-5-4-6-16(9-15)14-35-24-19(28)10-17(11-20(24)29)12-22-25(33)31(26(34)36-22)13-23(32)30-21-8-3-2-7-18(21)27/h2-12H,13-14H2,1H3,(H,30,32)/b22-12-. The second-order valence-electron chi connectivity index (χ2n) is 7.89. The second-order valence-corrected chi connectivity index (χ2v) is 11.2. The number of benzene rings is 3. The van der Waals surface area contributed by atoms with Gasteiger partial charge in [-0.3, -0.25) is 19.3 Å². The van der Waals surface area contributed by atoms with Gasteiger partial charge in [0.05, 0.1) is 17.7 Å². The van der Waals surface area contributed by atoms with Crippen LogP contribution in [0.3, 0.4) is 0 Å². The van der Waals surface area contributed by atoms with E-state index in [4.69, 9.17) is 4.74 Å². The van der Waals surface area contributed by atoms with Crippen molar-refractivity contribution in [2.45, 2.75) is 13.5 Å². The van der Waals surface area contributed by atoms with Crippen LogP contribution in [0, 0.1) is 19.9 Å². The van der Waals surface area contributed by atoms with Crippen LogP contribution in [0.1, 0.15) is 16.7 Å². The van der Waals surface area contributed by atoms with E-state index in [1.165, 1.54) is 18.2 Å². The van der Waals surface area contributed by atoms with Crippen molar-refractivity contribution in [2.24, 2.45) is 0 Å². The minimum atomic E-state index is -0.664. The molecule has 1 heterocycles. The molecule has 6 nitrogen and oxygen atoms in total. The predicted octanol–water partition coefficient (Wildman–Crippen LogP) is 6.60. The number of anilines is 1. The summed E-state index contributed by atoms with van der Waals surface area (Å²) in [5, 5.41) is 1.83.